The first-order valence-corrected chi connectivity index (χ1v) is 6.11. The second kappa shape index (κ2) is 4.69. The molecule has 1 aromatic rings. The highest BCUT2D eigenvalue weighted by Crippen LogP contribution is 2.33. The van der Waals surface area contributed by atoms with Crippen molar-refractivity contribution < 1.29 is 4.79 Å². The summed E-state index contributed by atoms with van der Waals surface area (Å²) in [6.07, 6.45) is 4.53. The summed E-state index contributed by atoms with van der Waals surface area (Å²) < 4.78 is 0. The van der Waals surface area contributed by atoms with Crippen molar-refractivity contribution in [2.45, 2.75) is 45.6 Å². The standard InChI is InChI=1S/C14H19NO/c1-3-4-8-13-10-12-7-5-6-9-14(12)15(13)11(2)16/h5-7,9,13H,3-4,8,10H2,1-2H3. The third-order valence-electron chi connectivity index (χ3n) is 3.30. The lowest BCUT2D eigenvalue weighted by Crippen LogP contribution is -2.35. The van der Waals surface area contributed by atoms with E-state index < -0.39 is 0 Å². The van der Waals surface area contributed by atoms with Gasteiger partial charge in [-0.1, -0.05) is 38.0 Å². The Morgan fingerprint density at radius 3 is 2.88 bits per heavy atom. The Bertz CT molecular complexity index is 386. The number of unbranched alkanes of at least 4 members (excludes halogenated alkanes) is 1. The fraction of sp³-hybridized carbons (Fsp3) is 0.500. The van der Waals surface area contributed by atoms with Gasteiger partial charge in [0.1, 0.15) is 0 Å². The number of benzene rings is 1. The number of anilines is 1. The van der Waals surface area contributed by atoms with Gasteiger partial charge in [-0.2, -0.15) is 0 Å². The van der Waals surface area contributed by atoms with Crippen molar-refractivity contribution in [1.82, 2.24) is 0 Å². The molecule has 1 aliphatic rings. The summed E-state index contributed by atoms with van der Waals surface area (Å²) in [7, 11) is 0. The number of para-hydroxylation sites is 1. The first kappa shape index (κ1) is 11.2. The maximum Gasteiger partial charge on any atom is 0.224 e. The molecule has 1 aromatic carbocycles. The van der Waals surface area contributed by atoms with Gasteiger partial charge in [0.2, 0.25) is 5.91 Å². The first-order chi connectivity index (χ1) is 7.74. The van der Waals surface area contributed by atoms with Crippen LogP contribution in [-0.4, -0.2) is 11.9 Å². The second-order valence-electron chi connectivity index (χ2n) is 4.52. The third-order valence-corrected chi connectivity index (χ3v) is 3.30. The maximum atomic E-state index is 11.7. The molecule has 0 aliphatic carbocycles. The van der Waals surface area contributed by atoms with Crippen molar-refractivity contribution in [3.05, 3.63) is 29.8 Å². The molecule has 0 saturated heterocycles. The van der Waals surface area contributed by atoms with Crippen molar-refractivity contribution in [2.75, 3.05) is 4.90 Å². The molecule has 16 heavy (non-hydrogen) atoms. The maximum absolute atomic E-state index is 11.7. The van der Waals surface area contributed by atoms with Crippen LogP contribution in [0.15, 0.2) is 24.3 Å². The summed E-state index contributed by atoms with van der Waals surface area (Å²) in [4.78, 5) is 13.7. The molecule has 0 N–H and O–H groups in total. The highest BCUT2D eigenvalue weighted by atomic mass is 16.2. The molecule has 1 heterocycles. The topological polar surface area (TPSA) is 20.3 Å². The zero-order valence-corrected chi connectivity index (χ0v) is 10.1. The molecule has 2 rings (SSSR count). The Morgan fingerprint density at radius 1 is 1.44 bits per heavy atom. The molecule has 1 unspecified atom stereocenters. The molecule has 0 spiro atoms. The van der Waals surface area contributed by atoms with Crippen LogP contribution in [0, 0.1) is 0 Å². The van der Waals surface area contributed by atoms with Crippen molar-refractivity contribution in [2.24, 2.45) is 0 Å². The highest BCUT2D eigenvalue weighted by Gasteiger charge is 2.30. The molecule has 0 fully saturated rings. The molecule has 0 radical (unpaired) electrons. The summed E-state index contributed by atoms with van der Waals surface area (Å²) in [5.74, 6) is 0.172. The summed E-state index contributed by atoms with van der Waals surface area (Å²) in [5, 5.41) is 0. The SMILES string of the molecule is CCCCC1Cc2ccccc2N1C(C)=O. The fourth-order valence-electron chi connectivity index (χ4n) is 2.56. The quantitative estimate of drug-likeness (QED) is 0.761. The van der Waals surface area contributed by atoms with Gasteiger partial charge >= 0.3 is 0 Å². The van der Waals surface area contributed by atoms with Gasteiger partial charge in [-0.05, 0) is 24.5 Å². The van der Waals surface area contributed by atoms with Crippen LogP contribution in [0.5, 0.6) is 0 Å². The predicted molar refractivity (Wildman–Crippen MR) is 66.6 cm³/mol. The first-order valence-electron chi connectivity index (χ1n) is 6.11. The Morgan fingerprint density at radius 2 is 2.19 bits per heavy atom. The van der Waals surface area contributed by atoms with E-state index in [-0.39, 0.29) is 5.91 Å². The van der Waals surface area contributed by atoms with E-state index in [0.717, 1.165) is 18.5 Å². The molecule has 2 nitrogen and oxygen atoms in total. The number of amides is 1. The molecule has 0 saturated carbocycles. The lowest BCUT2D eigenvalue weighted by atomic mass is 10.1. The van der Waals surface area contributed by atoms with Crippen molar-refractivity contribution in [3.8, 4) is 0 Å². The monoisotopic (exact) mass is 217 g/mol. The van der Waals surface area contributed by atoms with E-state index in [4.69, 9.17) is 0 Å². The van der Waals surface area contributed by atoms with E-state index >= 15 is 0 Å². The molecular weight excluding hydrogens is 198 g/mol. The summed E-state index contributed by atoms with van der Waals surface area (Å²) in [6.45, 7) is 3.86. The van der Waals surface area contributed by atoms with Gasteiger partial charge < -0.3 is 4.90 Å². The van der Waals surface area contributed by atoms with Gasteiger partial charge in [-0.3, -0.25) is 4.79 Å². The molecular formula is C14H19NO. The van der Waals surface area contributed by atoms with Gasteiger partial charge in [0.05, 0.1) is 0 Å². The Kier molecular flexibility index (Phi) is 3.28. The van der Waals surface area contributed by atoms with E-state index in [1.165, 1.54) is 18.4 Å². The van der Waals surface area contributed by atoms with E-state index in [9.17, 15) is 4.79 Å². The molecule has 1 amide bonds. The highest BCUT2D eigenvalue weighted by molar-refractivity contribution is 5.94. The van der Waals surface area contributed by atoms with Crippen LogP contribution in [-0.2, 0) is 11.2 Å². The molecule has 0 aromatic heterocycles. The van der Waals surface area contributed by atoms with E-state index in [1.54, 1.807) is 6.92 Å². The largest absolute Gasteiger partial charge is 0.309 e. The molecule has 1 aliphatic heterocycles. The lowest BCUT2D eigenvalue weighted by Gasteiger charge is -2.24. The fourth-order valence-corrected chi connectivity index (χ4v) is 2.56. The van der Waals surface area contributed by atoms with Crippen molar-refractivity contribution >= 4 is 11.6 Å². The van der Waals surface area contributed by atoms with Gasteiger partial charge in [-0.25, -0.2) is 0 Å². The molecule has 86 valence electrons. The number of hydrogen-bond acceptors (Lipinski definition) is 1. The number of carbonyl (C=O) groups is 1. The number of carbonyl (C=O) groups excluding carboxylic acids is 1. The minimum atomic E-state index is 0.172. The predicted octanol–water partition coefficient (Wildman–Crippen LogP) is 3.15. The van der Waals surface area contributed by atoms with Crippen LogP contribution < -0.4 is 4.90 Å². The van der Waals surface area contributed by atoms with Crippen LogP contribution in [0.1, 0.15) is 38.7 Å². The van der Waals surface area contributed by atoms with Crippen LogP contribution in [0.25, 0.3) is 0 Å². The average Bonchev–Trinajstić information content (AvgIpc) is 2.64. The second-order valence-corrected chi connectivity index (χ2v) is 4.52. The van der Waals surface area contributed by atoms with Crippen LogP contribution in [0.3, 0.4) is 0 Å². The van der Waals surface area contributed by atoms with Gasteiger partial charge in [0, 0.05) is 18.7 Å². The zero-order chi connectivity index (χ0) is 11.5. The van der Waals surface area contributed by atoms with Crippen LogP contribution in [0.2, 0.25) is 0 Å². The summed E-state index contributed by atoms with van der Waals surface area (Å²) in [5.41, 5.74) is 2.44. The Labute approximate surface area is 97.3 Å². The summed E-state index contributed by atoms with van der Waals surface area (Å²) >= 11 is 0. The number of hydrogen-bond donors (Lipinski definition) is 0. The van der Waals surface area contributed by atoms with Crippen LogP contribution in [0.4, 0.5) is 5.69 Å². The number of rotatable bonds is 3. The molecule has 0 bridgehead atoms. The van der Waals surface area contributed by atoms with Gasteiger partial charge in [0.15, 0.2) is 0 Å². The zero-order valence-electron chi connectivity index (χ0n) is 10.1. The lowest BCUT2D eigenvalue weighted by molar-refractivity contribution is -0.116. The smallest absolute Gasteiger partial charge is 0.224 e. The third kappa shape index (κ3) is 1.97. The van der Waals surface area contributed by atoms with Gasteiger partial charge in [-0.15, -0.1) is 0 Å². The molecule has 1 atom stereocenters. The number of fused-ring (bicyclic) bond motifs is 1. The van der Waals surface area contributed by atoms with Crippen LogP contribution >= 0.6 is 0 Å². The Hall–Kier alpha value is -1.31. The van der Waals surface area contributed by atoms with Crippen molar-refractivity contribution in [3.63, 3.8) is 0 Å². The molecule has 2 heteroatoms. The summed E-state index contributed by atoms with van der Waals surface area (Å²) in [6, 6.07) is 8.64. The number of nitrogens with zero attached hydrogens (tertiary/aromatic N) is 1. The average molecular weight is 217 g/mol. The van der Waals surface area contributed by atoms with E-state index in [0.29, 0.717) is 6.04 Å². The minimum absolute atomic E-state index is 0.172. The minimum Gasteiger partial charge on any atom is -0.309 e. The van der Waals surface area contributed by atoms with Crippen molar-refractivity contribution in [1.29, 1.82) is 0 Å². The van der Waals surface area contributed by atoms with E-state index in [2.05, 4.69) is 25.1 Å². The van der Waals surface area contributed by atoms with E-state index in [1.807, 2.05) is 11.0 Å². The Balaban J connectivity index is 2.23. The normalized spacial score (nSPS) is 18.6. The van der Waals surface area contributed by atoms with Gasteiger partial charge in [0.25, 0.3) is 0 Å².